The van der Waals surface area contributed by atoms with Crippen LogP contribution in [0.4, 0.5) is 5.69 Å². The van der Waals surface area contributed by atoms with E-state index in [-0.39, 0.29) is 6.04 Å². The molecule has 2 aromatic carbocycles. The summed E-state index contributed by atoms with van der Waals surface area (Å²) in [6, 6.07) is 14.8. The number of ether oxygens (including phenoxy) is 2. The van der Waals surface area contributed by atoms with Gasteiger partial charge in [0.1, 0.15) is 13.2 Å². The van der Waals surface area contributed by atoms with Crippen molar-refractivity contribution in [3.63, 3.8) is 0 Å². The van der Waals surface area contributed by atoms with Crippen LogP contribution in [0.25, 0.3) is 0 Å². The Balaban J connectivity index is 1.73. The monoisotopic (exact) mass is 301 g/mol. The van der Waals surface area contributed by atoms with Gasteiger partial charge in [0, 0.05) is 16.6 Å². The molecule has 3 nitrogen and oxygen atoms in total. The summed E-state index contributed by atoms with van der Waals surface area (Å²) in [5.41, 5.74) is 2.31. The predicted octanol–water partition coefficient (Wildman–Crippen LogP) is 4.35. The minimum atomic E-state index is 0.209. The quantitative estimate of drug-likeness (QED) is 0.850. The van der Waals surface area contributed by atoms with Crippen LogP contribution < -0.4 is 14.8 Å². The fourth-order valence-electron chi connectivity index (χ4n) is 2.35. The molecule has 0 amide bonds. The second-order valence-corrected chi connectivity index (χ2v) is 5.88. The number of fused-ring (bicyclic) bond motifs is 1. The van der Waals surface area contributed by atoms with Crippen LogP contribution in [0.2, 0.25) is 0 Å². The van der Waals surface area contributed by atoms with E-state index in [1.165, 1.54) is 10.5 Å². The Morgan fingerprint density at radius 1 is 1.00 bits per heavy atom. The zero-order chi connectivity index (χ0) is 14.7. The second-order valence-electron chi connectivity index (χ2n) is 5.00. The van der Waals surface area contributed by atoms with Gasteiger partial charge in [0.15, 0.2) is 11.5 Å². The van der Waals surface area contributed by atoms with Gasteiger partial charge in [-0.1, -0.05) is 6.07 Å². The van der Waals surface area contributed by atoms with Gasteiger partial charge >= 0.3 is 0 Å². The van der Waals surface area contributed by atoms with Gasteiger partial charge < -0.3 is 14.8 Å². The lowest BCUT2D eigenvalue weighted by Gasteiger charge is -2.21. The Morgan fingerprint density at radius 2 is 1.71 bits per heavy atom. The number of thioether (sulfide) groups is 1. The van der Waals surface area contributed by atoms with Crippen LogP contribution in [0, 0.1) is 0 Å². The van der Waals surface area contributed by atoms with Crippen LogP contribution in [0.15, 0.2) is 47.4 Å². The largest absolute Gasteiger partial charge is 0.486 e. The standard InChI is InChI=1S/C17H19NO2S/c1-12(18-14-4-6-15(21-2)7-5-14)13-3-8-16-17(11-13)20-10-9-19-16/h3-8,11-12,18H,9-10H2,1-2H3. The van der Waals surface area contributed by atoms with Gasteiger partial charge in [-0.3, -0.25) is 0 Å². The molecule has 1 N–H and O–H groups in total. The number of hydrogen-bond donors (Lipinski definition) is 1. The van der Waals surface area contributed by atoms with Crippen molar-refractivity contribution in [3.05, 3.63) is 48.0 Å². The van der Waals surface area contributed by atoms with E-state index in [2.05, 4.69) is 54.9 Å². The van der Waals surface area contributed by atoms with Gasteiger partial charge in [0.25, 0.3) is 0 Å². The molecular formula is C17H19NO2S. The highest BCUT2D eigenvalue weighted by molar-refractivity contribution is 7.98. The molecule has 110 valence electrons. The molecule has 0 radical (unpaired) electrons. The maximum absolute atomic E-state index is 5.64. The van der Waals surface area contributed by atoms with Crippen molar-refractivity contribution in [2.45, 2.75) is 17.9 Å². The summed E-state index contributed by atoms with van der Waals surface area (Å²) in [6.45, 7) is 3.39. The highest BCUT2D eigenvalue weighted by Crippen LogP contribution is 2.33. The molecule has 1 unspecified atom stereocenters. The third kappa shape index (κ3) is 3.27. The van der Waals surface area contributed by atoms with Gasteiger partial charge in [-0.25, -0.2) is 0 Å². The minimum absolute atomic E-state index is 0.209. The molecule has 3 rings (SSSR count). The molecule has 0 bridgehead atoms. The molecule has 1 atom stereocenters. The summed E-state index contributed by atoms with van der Waals surface area (Å²) in [7, 11) is 0. The molecule has 21 heavy (non-hydrogen) atoms. The van der Waals surface area contributed by atoms with E-state index in [9.17, 15) is 0 Å². The van der Waals surface area contributed by atoms with Crippen molar-refractivity contribution in [2.75, 3.05) is 24.8 Å². The average Bonchev–Trinajstić information content (AvgIpc) is 2.55. The summed E-state index contributed by atoms with van der Waals surface area (Å²) >= 11 is 1.75. The van der Waals surface area contributed by atoms with Gasteiger partial charge in [0.05, 0.1) is 0 Å². The first kappa shape index (κ1) is 14.1. The number of hydrogen-bond acceptors (Lipinski definition) is 4. The van der Waals surface area contributed by atoms with Gasteiger partial charge in [-0.2, -0.15) is 0 Å². The number of rotatable bonds is 4. The summed E-state index contributed by atoms with van der Waals surface area (Å²) in [5.74, 6) is 1.67. The van der Waals surface area contributed by atoms with Crippen molar-refractivity contribution in [1.29, 1.82) is 0 Å². The van der Waals surface area contributed by atoms with Crippen LogP contribution >= 0.6 is 11.8 Å². The Bertz CT molecular complexity index is 613. The average molecular weight is 301 g/mol. The maximum atomic E-state index is 5.64. The summed E-state index contributed by atoms with van der Waals surface area (Å²) < 4.78 is 11.2. The lowest BCUT2D eigenvalue weighted by atomic mass is 10.1. The fraction of sp³-hybridized carbons (Fsp3) is 0.294. The Kier molecular flexibility index (Phi) is 4.25. The normalized spacial score (nSPS) is 14.6. The first-order valence-corrected chi connectivity index (χ1v) is 8.29. The third-order valence-electron chi connectivity index (χ3n) is 3.54. The van der Waals surface area contributed by atoms with E-state index < -0.39 is 0 Å². The lowest BCUT2D eigenvalue weighted by molar-refractivity contribution is 0.171. The highest BCUT2D eigenvalue weighted by Gasteiger charge is 2.14. The lowest BCUT2D eigenvalue weighted by Crippen LogP contribution is -2.16. The Morgan fingerprint density at radius 3 is 2.43 bits per heavy atom. The Labute approximate surface area is 129 Å². The number of nitrogens with one attached hydrogen (secondary N) is 1. The molecule has 0 spiro atoms. The molecule has 2 aromatic rings. The molecule has 0 saturated carbocycles. The second kappa shape index (κ2) is 6.31. The Hall–Kier alpha value is -1.81. The van der Waals surface area contributed by atoms with Crippen LogP contribution in [-0.4, -0.2) is 19.5 Å². The number of benzene rings is 2. The van der Waals surface area contributed by atoms with Crippen LogP contribution in [-0.2, 0) is 0 Å². The fourth-order valence-corrected chi connectivity index (χ4v) is 2.76. The molecular weight excluding hydrogens is 282 g/mol. The molecule has 1 aliphatic rings. The number of anilines is 1. The van der Waals surface area contributed by atoms with Crippen molar-refractivity contribution in [2.24, 2.45) is 0 Å². The summed E-state index contributed by atoms with van der Waals surface area (Å²) in [5, 5.41) is 3.51. The summed E-state index contributed by atoms with van der Waals surface area (Å²) in [6.07, 6.45) is 2.08. The van der Waals surface area contributed by atoms with E-state index in [0.717, 1.165) is 17.2 Å². The molecule has 0 fully saturated rings. The van der Waals surface area contributed by atoms with Crippen molar-refractivity contribution in [1.82, 2.24) is 0 Å². The van der Waals surface area contributed by atoms with E-state index in [1.807, 2.05) is 6.07 Å². The summed E-state index contributed by atoms with van der Waals surface area (Å²) in [4.78, 5) is 1.27. The van der Waals surface area contributed by atoms with Crippen molar-refractivity contribution in [3.8, 4) is 11.5 Å². The smallest absolute Gasteiger partial charge is 0.161 e. The molecule has 0 aliphatic carbocycles. The molecule has 0 aromatic heterocycles. The topological polar surface area (TPSA) is 30.5 Å². The first-order chi connectivity index (χ1) is 10.3. The van der Waals surface area contributed by atoms with Crippen molar-refractivity contribution >= 4 is 17.4 Å². The zero-order valence-corrected chi connectivity index (χ0v) is 13.1. The minimum Gasteiger partial charge on any atom is -0.486 e. The van der Waals surface area contributed by atoms with E-state index in [1.54, 1.807) is 11.8 Å². The molecule has 0 saturated heterocycles. The third-order valence-corrected chi connectivity index (χ3v) is 4.28. The molecule has 1 heterocycles. The molecule has 1 aliphatic heterocycles. The van der Waals surface area contributed by atoms with Crippen LogP contribution in [0.3, 0.4) is 0 Å². The highest BCUT2D eigenvalue weighted by atomic mass is 32.2. The predicted molar refractivity (Wildman–Crippen MR) is 87.7 cm³/mol. The SMILES string of the molecule is CSc1ccc(NC(C)c2ccc3c(c2)OCCO3)cc1. The van der Waals surface area contributed by atoms with Crippen LogP contribution in [0.1, 0.15) is 18.5 Å². The van der Waals surface area contributed by atoms with E-state index >= 15 is 0 Å². The van der Waals surface area contributed by atoms with Gasteiger partial charge in [-0.15, -0.1) is 11.8 Å². The van der Waals surface area contributed by atoms with E-state index in [4.69, 9.17) is 9.47 Å². The zero-order valence-electron chi connectivity index (χ0n) is 12.3. The van der Waals surface area contributed by atoms with Gasteiger partial charge in [0.2, 0.25) is 0 Å². The van der Waals surface area contributed by atoms with Crippen molar-refractivity contribution < 1.29 is 9.47 Å². The van der Waals surface area contributed by atoms with Gasteiger partial charge in [-0.05, 0) is 55.1 Å². The molecule has 4 heteroatoms. The van der Waals surface area contributed by atoms with E-state index in [0.29, 0.717) is 13.2 Å². The maximum Gasteiger partial charge on any atom is 0.161 e. The first-order valence-electron chi connectivity index (χ1n) is 7.06. The van der Waals surface area contributed by atoms with Crippen LogP contribution in [0.5, 0.6) is 11.5 Å².